The Bertz CT molecular complexity index is 222. The highest BCUT2D eigenvalue weighted by molar-refractivity contribution is 4.76. The molecule has 1 N–H and O–H groups in total. The van der Waals surface area contributed by atoms with Gasteiger partial charge in [0, 0.05) is 25.7 Å². The van der Waals surface area contributed by atoms with Crippen molar-refractivity contribution in [2.45, 2.75) is 25.3 Å². The Hall–Kier alpha value is -0.400. The highest BCUT2D eigenvalue weighted by Crippen LogP contribution is 2.21. The van der Waals surface area contributed by atoms with Gasteiger partial charge in [0.05, 0.1) is 19.8 Å². The zero-order valence-electron chi connectivity index (χ0n) is 9.76. The minimum atomic E-state index is -3.96. The van der Waals surface area contributed by atoms with Crippen LogP contribution in [0.25, 0.3) is 0 Å². The summed E-state index contributed by atoms with van der Waals surface area (Å²) >= 11 is 0. The van der Waals surface area contributed by atoms with E-state index in [1.54, 1.807) is 6.92 Å². The van der Waals surface area contributed by atoms with Crippen LogP contribution in [0.3, 0.4) is 0 Å². The normalized spacial score (nSPS) is 20.8. The second-order valence-electron chi connectivity index (χ2n) is 4.26. The summed E-state index contributed by atoms with van der Waals surface area (Å²) in [7, 11) is 0. The first-order valence-corrected chi connectivity index (χ1v) is 5.61. The Morgan fingerprint density at radius 2 is 1.88 bits per heavy atom. The first kappa shape index (κ1) is 14.7. The lowest BCUT2D eigenvalue weighted by molar-refractivity contribution is -0.126. The molecule has 0 saturated carbocycles. The van der Waals surface area contributed by atoms with Crippen LogP contribution in [0, 0.1) is 0 Å². The van der Waals surface area contributed by atoms with Crippen LogP contribution in [0.5, 0.6) is 0 Å². The van der Waals surface area contributed by atoms with Gasteiger partial charge in [0.1, 0.15) is 0 Å². The molecule has 0 aromatic rings. The van der Waals surface area contributed by atoms with E-state index < -0.39 is 18.9 Å². The minimum Gasteiger partial charge on any atom is -0.379 e. The molecule has 1 aliphatic heterocycles. The van der Waals surface area contributed by atoms with E-state index in [1.165, 1.54) is 0 Å². The van der Waals surface area contributed by atoms with E-state index in [9.17, 15) is 17.6 Å². The van der Waals surface area contributed by atoms with Crippen LogP contribution in [0.15, 0.2) is 0 Å². The van der Waals surface area contributed by atoms with Crippen LogP contribution >= 0.6 is 0 Å². The minimum absolute atomic E-state index is 0.252. The maximum absolute atomic E-state index is 12.6. The fourth-order valence-corrected chi connectivity index (χ4v) is 1.62. The number of morpholine rings is 1. The maximum atomic E-state index is 12.6. The van der Waals surface area contributed by atoms with Crippen molar-refractivity contribution in [2.24, 2.45) is 0 Å². The third-order valence-corrected chi connectivity index (χ3v) is 2.64. The van der Waals surface area contributed by atoms with Crippen molar-refractivity contribution in [1.82, 2.24) is 10.2 Å². The fraction of sp³-hybridized carbons (Fsp3) is 1.00. The van der Waals surface area contributed by atoms with Crippen LogP contribution in [0.4, 0.5) is 17.6 Å². The predicted octanol–water partition coefficient (Wildman–Crippen LogP) is 1.20. The van der Waals surface area contributed by atoms with Crippen LogP contribution in [0.2, 0.25) is 0 Å². The van der Waals surface area contributed by atoms with Gasteiger partial charge < -0.3 is 10.1 Å². The Kier molecular flexibility index (Phi) is 5.61. The Morgan fingerprint density at radius 1 is 1.29 bits per heavy atom. The van der Waals surface area contributed by atoms with Crippen LogP contribution in [-0.2, 0) is 4.74 Å². The van der Waals surface area contributed by atoms with Crippen molar-refractivity contribution < 1.29 is 22.3 Å². The molecular formula is C10H18F4N2O. The van der Waals surface area contributed by atoms with Gasteiger partial charge in [-0.05, 0) is 6.92 Å². The predicted molar refractivity (Wildman–Crippen MR) is 55.7 cm³/mol. The zero-order chi connectivity index (χ0) is 12.9. The van der Waals surface area contributed by atoms with Crippen LogP contribution < -0.4 is 5.32 Å². The summed E-state index contributed by atoms with van der Waals surface area (Å²) in [6.07, 6.45) is -3.62. The van der Waals surface area contributed by atoms with Crippen molar-refractivity contribution in [2.75, 3.05) is 39.4 Å². The lowest BCUT2D eigenvalue weighted by atomic mass is 10.2. The number of ether oxygens (including phenoxy) is 1. The number of halogens is 4. The third-order valence-electron chi connectivity index (χ3n) is 2.64. The molecule has 0 aromatic carbocycles. The number of rotatable bonds is 6. The van der Waals surface area contributed by atoms with Crippen molar-refractivity contribution in [3.63, 3.8) is 0 Å². The van der Waals surface area contributed by atoms with E-state index in [1.807, 2.05) is 0 Å². The van der Waals surface area contributed by atoms with E-state index in [-0.39, 0.29) is 6.04 Å². The average molecular weight is 258 g/mol. The molecule has 1 saturated heterocycles. The third kappa shape index (κ3) is 5.18. The number of hydrogen-bond acceptors (Lipinski definition) is 3. The van der Waals surface area contributed by atoms with Gasteiger partial charge in [-0.2, -0.15) is 8.78 Å². The number of hydrogen-bond donors (Lipinski definition) is 1. The zero-order valence-corrected chi connectivity index (χ0v) is 9.76. The molecule has 0 aliphatic carbocycles. The van der Waals surface area contributed by atoms with E-state index >= 15 is 0 Å². The molecular weight excluding hydrogens is 240 g/mol. The molecule has 7 heteroatoms. The van der Waals surface area contributed by atoms with Gasteiger partial charge >= 0.3 is 12.3 Å². The monoisotopic (exact) mass is 258 g/mol. The van der Waals surface area contributed by atoms with Gasteiger partial charge in [0.2, 0.25) is 0 Å². The van der Waals surface area contributed by atoms with Gasteiger partial charge in [-0.25, -0.2) is 8.78 Å². The highest BCUT2D eigenvalue weighted by Gasteiger charge is 2.40. The SMILES string of the molecule is CC(CN1CCOCC1)NCC(F)(F)C(F)F. The van der Waals surface area contributed by atoms with E-state index in [0.29, 0.717) is 19.8 Å². The van der Waals surface area contributed by atoms with Crippen molar-refractivity contribution in [1.29, 1.82) is 0 Å². The number of nitrogens with zero attached hydrogens (tertiary/aromatic N) is 1. The van der Waals surface area contributed by atoms with E-state index in [0.717, 1.165) is 13.1 Å². The summed E-state index contributed by atoms with van der Waals surface area (Å²) in [5.41, 5.74) is 0. The largest absolute Gasteiger partial charge is 0.379 e. The number of alkyl halides is 4. The summed E-state index contributed by atoms with van der Waals surface area (Å²) in [5.74, 6) is -3.96. The second kappa shape index (κ2) is 6.51. The summed E-state index contributed by atoms with van der Waals surface area (Å²) in [6.45, 7) is 4.02. The quantitative estimate of drug-likeness (QED) is 0.724. The van der Waals surface area contributed by atoms with Gasteiger partial charge in [-0.1, -0.05) is 0 Å². The van der Waals surface area contributed by atoms with Crippen molar-refractivity contribution in [3.05, 3.63) is 0 Å². The molecule has 1 unspecified atom stereocenters. The fourth-order valence-electron chi connectivity index (χ4n) is 1.62. The lowest BCUT2D eigenvalue weighted by Gasteiger charge is -2.30. The van der Waals surface area contributed by atoms with Gasteiger partial charge in [-0.15, -0.1) is 0 Å². The smallest absolute Gasteiger partial charge is 0.319 e. The lowest BCUT2D eigenvalue weighted by Crippen LogP contribution is -2.48. The van der Waals surface area contributed by atoms with Crippen LogP contribution in [-0.4, -0.2) is 62.7 Å². The summed E-state index contributed by atoms with van der Waals surface area (Å²) in [5, 5.41) is 2.44. The molecule has 0 radical (unpaired) electrons. The molecule has 0 aromatic heterocycles. The summed E-state index contributed by atoms with van der Waals surface area (Å²) in [6, 6.07) is -0.252. The average Bonchev–Trinajstić information content (AvgIpc) is 2.28. The van der Waals surface area contributed by atoms with E-state index in [4.69, 9.17) is 4.74 Å². The molecule has 0 bridgehead atoms. The molecule has 3 nitrogen and oxygen atoms in total. The molecule has 0 spiro atoms. The first-order chi connectivity index (χ1) is 7.92. The van der Waals surface area contributed by atoms with Gasteiger partial charge in [-0.3, -0.25) is 4.90 Å². The van der Waals surface area contributed by atoms with Crippen molar-refractivity contribution >= 4 is 0 Å². The standard InChI is InChI=1S/C10H18F4N2O/c1-8(6-16-2-4-17-5-3-16)15-7-10(13,14)9(11)12/h8-9,15H,2-7H2,1H3. The highest BCUT2D eigenvalue weighted by atomic mass is 19.3. The Labute approximate surface area is 98.1 Å². The molecule has 1 fully saturated rings. The molecule has 0 amide bonds. The first-order valence-electron chi connectivity index (χ1n) is 5.61. The topological polar surface area (TPSA) is 24.5 Å². The molecule has 1 atom stereocenters. The van der Waals surface area contributed by atoms with Crippen LogP contribution in [0.1, 0.15) is 6.92 Å². The van der Waals surface area contributed by atoms with Gasteiger partial charge in [0.25, 0.3) is 0 Å². The van der Waals surface area contributed by atoms with Gasteiger partial charge in [0.15, 0.2) is 0 Å². The maximum Gasteiger partial charge on any atom is 0.319 e. The molecule has 17 heavy (non-hydrogen) atoms. The summed E-state index contributed by atoms with van der Waals surface area (Å²) < 4.78 is 54.2. The van der Waals surface area contributed by atoms with E-state index in [2.05, 4.69) is 10.2 Å². The second-order valence-corrected chi connectivity index (χ2v) is 4.26. The molecule has 102 valence electrons. The Balaban J connectivity index is 2.22. The van der Waals surface area contributed by atoms with Crippen molar-refractivity contribution in [3.8, 4) is 0 Å². The molecule has 1 aliphatic rings. The number of nitrogens with one attached hydrogen (secondary N) is 1. The Morgan fingerprint density at radius 3 is 2.41 bits per heavy atom. The molecule has 1 heterocycles. The molecule has 1 rings (SSSR count). The summed E-state index contributed by atoms with van der Waals surface area (Å²) in [4.78, 5) is 2.06.